The van der Waals surface area contributed by atoms with E-state index in [0.717, 1.165) is 46.6 Å². The molecule has 0 saturated carbocycles. The van der Waals surface area contributed by atoms with Crippen LogP contribution in [0, 0.1) is 6.92 Å². The lowest BCUT2D eigenvalue weighted by molar-refractivity contribution is 0.475. The number of piperidine rings is 1. The van der Waals surface area contributed by atoms with Crippen molar-refractivity contribution >= 4 is 16.9 Å². The quantitative estimate of drug-likeness (QED) is 0.765. The average molecular weight is 319 g/mol. The molecule has 1 saturated heterocycles. The van der Waals surface area contributed by atoms with Gasteiger partial charge in [-0.1, -0.05) is 12.1 Å². The van der Waals surface area contributed by atoms with E-state index in [9.17, 15) is 5.11 Å². The molecule has 4 nitrogen and oxygen atoms in total. The maximum absolute atomic E-state index is 9.79. The van der Waals surface area contributed by atoms with Crippen LogP contribution in [0.4, 0.5) is 5.82 Å². The number of rotatable bonds is 2. The lowest BCUT2D eigenvalue weighted by Gasteiger charge is -2.27. The van der Waals surface area contributed by atoms with Gasteiger partial charge in [-0.15, -0.1) is 0 Å². The zero-order valence-corrected chi connectivity index (χ0v) is 13.9. The number of fused-ring (bicyclic) bond motifs is 1. The number of nitrogens with zero attached hydrogens (tertiary/aromatic N) is 3. The van der Waals surface area contributed by atoms with E-state index in [-0.39, 0.29) is 5.75 Å². The van der Waals surface area contributed by atoms with Gasteiger partial charge in [0.2, 0.25) is 0 Å². The molecule has 3 aromatic rings. The number of hydrogen-bond acceptors (Lipinski definition) is 4. The first kappa shape index (κ1) is 14.9. The first-order valence-electron chi connectivity index (χ1n) is 8.52. The summed E-state index contributed by atoms with van der Waals surface area (Å²) in [7, 11) is 0. The van der Waals surface area contributed by atoms with Crippen molar-refractivity contribution < 1.29 is 5.11 Å². The van der Waals surface area contributed by atoms with Crippen molar-refractivity contribution in [2.24, 2.45) is 0 Å². The number of phenols is 1. The third kappa shape index (κ3) is 2.80. The summed E-state index contributed by atoms with van der Waals surface area (Å²) in [5.74, 6) is 1.25. The molecule has 1 aromatic heterocycles. The Hall–Kier alpha value is -2.62. The second-order valence-electron chi connectivity index (χ2n) is 6.48. The van der Waals surface area contributed by atoms with Gasteiger partial charge in [0.05, 0.1) is 17.2 Å². The number of aromatic nitrogens is 2. The minimum atomic E-state index is 0.281. The van der Waals surface area contributed by atoms with Gasteiger partial charge in [-0.25, -0.2) is 4.98 Å². The molecule has 0 aliphatic carbocycles. The summed E-state index contributed by atoms with van der Waals surface area (Å²) in [6.45, 7) is 4.17. The first-order valence-corrected chi connectivity index (χ1v) is 8.52. The van der Waals surface area contributed by atoms with E-state index in [0.29, 0.717) is 0 Å². The molecule has 24 heavy (non-hydrogen) atoms. The van der Waals surface area contributed by atoms with Crippen molar-refractivity contribution in [2.75, 3.05) is 18.0 Å². The van der Waals surface area contributed by atoms with Crippen LogP contribution in [0.1, 0.15) is 24.8 Å². The summed E-state index contributed by atoms with van der Waals surface area (Å²) < 4.78 is 0. The average Bonchev–Trinajstić information content (AvgIpc) is 2.63. The molecule has 1 fully saturated rings. The van der Waals surface area contributed by atoms with E-state index < -0.39 is 0 Å². The molecule has 0 unspecified atom stereocenters. The lowest BCUT2D eigenvalue weighted by Crippen LogP contribution is -2.30. The Morgan fingerprint density at radius 2 is 1.79 bits per heavy atom. The SMILES string of the molecule is Cc1ccc(O)cc1-c1ccc2ncc(N3CCCCC3)nc2c1. The molecule has 4 rings (SSSR count). The molecular weight excluding hydrogens is 298 g/mol. The van der Waals surface area contributed by atoms with E-state index in [1.54, 1.807) is 12.1 Å². The Bertz CT molecular complexity index is 885. The molecule has 2 aromatic carbocycles. The molecule has 2 heterocycles. The highest BCUT2D eigenvalue weighted by Crippen LogP contribution is 2.29. The van der Waals surface area contributed by atoms with Crippen molar-refractivity contribution in [2.45, 2.75) is 26.2 Å². The van der Waals surface area contributed by atoms with Gasteiger partial charge >= 0.3 is 0 Å². The first-order chi connectivity index (χ1) is 11.7. The van der Waals surface area contributed by atoms with Crippen molar-refractivity contribution in [3.05, 3.63) is 48.2 Å². The van der Waals surface area contributed by atoms with Gasteiger partial charge in [0.1, 0.15) is 11.6 Å². The van der Waals surface area contributed by atoms with E-state index in [4.69, 9.17) is 4.98 Å². The van der Waals surface area contributed by atoms with Crippen LogP contribution in [0.2, 0.25) is 0 Å². The van der Waals surface area contributed by atoms with Gasteiger partial charge in [0, 0.05) is 13.1 Å². The predicted molar refractivity (Wildman–Crippen MR) is 97.4 cm³/mol. The van der Waals surface area contributed by atoms with Crippen molar-refractivity contribution in [1.82, 2.24) is 9.97 Å². The molecule has 122 valence electrons. The van der Waals surface area contributed by atoms with Gasteiger partial charge < -0.3 is 10.0 Å². The van der Waals surface area contributed by atoms with Gasteiger partial charge in [0.25, 0.3) is 0 Å². The van der Waals surface area contributed by atoms with Crippen LogP contribution in [-0.4, -0.2) is 28.2 Å². The zero-order chi connectivity index (χ0) is 16.5. The van der Waals surface area contributed by atoms with Gasteiger partial charge in [-0.2, -0.15) is 0 Å². The molecule has 1 aliphatic heterocycles. The second-order valence-corrected chi connectivity index (χ2v) is 6.48. The minimum absolute atomic E-state index is 0.281. The zero-order valence-electron chi connectivity index (χ0n) is 13.9. The number of phenolic OH excluding ortho intramolecular Hbond substituents is 1. The molecule has 0 spiro atoms. The fourth-order valence-corrected chi connectivity index (χ4v) is 3.37. The minimum Gasteiger partial charge on any atom is -0.508 e. The molecule has 1 N–H and O–H groups in total. The highest BCUT2D eigenvalue weighted by Gasteiger charge is 2.13. The van der Waals surface area contributed by atoms with Crippen LogP contribution in [-0.2, 0) is 0 Å². The largest absolute Gasteiger partial charge is 0.508 e. The summed E-state index contributed by atoms with van der Waals surface area (Å²) in [5, 5.41) is 9.79. The number of benzene rings is 2. The monoisotopic (exact) mass is 319 g/mol. The van der Waals surface area contributed by atoms with Crippen LogP contribution >= 0.6 is 0 Å². The topological polar surface area (TPSA) is 49.3 Å². The molecular formula is C20H21N3O. The van der Waals surface area contributed by atoms with Gasteiger partial charge in [-0.05, 0) is 67.1 Å². The third-order valence-corrected chi connectivity index (χ3v) is 4.74. The van der Waals surface area contributed by atoms with Gasteiger partial charge in [0.15, 0.2) is 0 Å². The summed E-state index contributed by atoms with van der Waals surface area (Å²) in [6.07, 6.45) is 5.63. The number of aryl methyl sites for hydroxylation is 1. The van der Waals surface area contributed by atoms with Gasteiger partial charge in [-0.3, -0.25) is 4.98 Å². The fraction of sp³-hybridized carbons (Fsp3) is 0.300. The second kappa shape index (κ2) is 6.11. The smallest absolute Gasteiger partial charge is 0.147 e. The third-order valence-electron chi connectivity index (χ3n) is 4.74. The Labute approximate surface area is 141 Å². The van der Waals surface area contributed by atoms with E-state index >= 15 is 0 Å². The summed E-state index contributed by atoms with van der Waals surface area (Å²) in [5.41, 5.74) is 5.02. The fourth-order valence-electron chi connectivity index (χ4n) is 3.37. The van der Waals surface area contributed by atoms with Crippen molar-refractivity contribution in [3.63, 3.8) is 0 Å². The summed E-state index contributed by atoms with van der Waals surface area (Å²) >= 11 is 0. The van der Waals surface area contributed by atoms with E-state index in [1.165, 1.54) is 19.3 Å². The van der Waals surface area contributed by atoms with E-state index in [1.807, 2.05) is 24.4 Å². The Morgan fingerprint density at radius 3 is 2.62 bits per heavy atom. The lowest BCUT2D eigenvalue weighted by atomic mass is 10.00. The molecule has 4 heteroatoms. The Morgan fingerprint density at radius 1 is 0.958 bits per heavy atom. The van der Waals surface area contributed by atoms with E-state index in [2.05, 4.69) is 22.9 Å². The van der Waals surface area contributed by atoms with Crippen LogP contribution < -0.4 is 4.90 Å². The summed E-state index contributed by atoms with van der Waals surface area (Å²) in [6, 6.07) is 11.6. The normalized spacial score (nSPS) is 15.0. The highest BCUT2D eigenvalue weighted by atomic mass is 16.3. The summed E-state index contributed by atoms with van der Waals surface area (Å²) in [4.78, 5) is 11.7. The number of hydrogen-bond donors (Lipinski definition) is 1. The number of anilines is 1. The maximum Gasteiger partial charge on any atom is 0.147 e. The van der Waals surface area contributed by atoms with Crippen molar-refractivity contribution in [3.8, 4) is 16.9 Å². The maximum atomic E-state index is 9.79. The molecule has 1 aliphatic rings. The van der Waals surface area contributed by atoms with Crippen LogP contribution in [0.5, 0.6) is 5.75 Å². The van der Waals surface area contributed by atoms with Crippen LogP contribution in [0.25, 0.3) is 22.2 Å². The molecule has 0 bridgehead atoms. The molecule has 0 atom stereocenters. The van der Waals surface area contributed by atoms with Crippen molar-refractivity contribution in [1.29, 1.82) is 0 Å². The van der Waals surface area contributed by atoms with Crippen LogP contribution in [0.15, 0.2) is 42.6 Å². The standard InChI is InChI=1S/C20H21N3O/c1-14-5-7-16(24)12-17(14)15-6-8-18-19(11-15)22-20(13-21-18)23-9-3-2-4-10-23/h5-8,11-13,24H,2-4,9-10H2,1H3. The number of aromatic hydroxyl groups is 1. The Balaban J connectivity index is 1.77. The molecule has 0 amide bonds. The highest BCUT2D eigenvalue weighted by molar-refractivity contribution is 5.83. The Kier molecular flexibility index (Phi) is 3.81. The molecule has 0 radical (unpaired) electrons. The van der Waals surface area contributed by atoms with Crippen LogP contribution in [0.3, 0.4) is 0 Å². The predicted octanol–water partition coefficient (Wildman–Crippen LogP) is 4.30.